The summed E-state index contributed by atoms with van der Waals surface area (Å²) in [5, 5.41) is 18.4. The molecule has 0 aliphatic heterocycles. The summed E-state index contributed by atoms with van der Waals surface area (Å²) in [4.78, 5) is 22.5. The molecule has 20 heavy (non-hydrogen) atoms. The van der Waals surface area contributed by atoms with E-state index in [1.54, 1.807) is 24.3 Å². The van der Waals surface area contributed by atoms with Gasteiger partial charge in [0.25, 0.3) is 11.6 Å². The molecule has 0 radical (unpaired) electrons. The normalized spacial score (nSPS) is 10.6. The van der Waals surface area contributed by atoms with Crippen molar-refractivity contribution in [3.63, 3.8) is 0 Å². The molecule has 98 valence electrons. The standard InChI is InChI=1S/C13H8N4O3/c18-13(9-4-3-5-10(8-9)17(19)20)16-12-7-2-1-6-11(12)14-15-16/h1-8H. The first-order valence-corrected chi connectivity index (χ1v) is 5.76. The van der Waals surface area contributed by atoms with E-state index in [1.165, 1.54) is 24.3 Å². The fourth-order valence-electron chi connectivity index (χ4n) is 1.89. The number of para-hydroxylation sites is 1. The zero-order valence-corrected chi connectivity index (χ0v) is 10.1. The molecule has 0 aliphatic rings. The Hall–Kier alpha value is -3.09. The molecule has 0 saturated carbocycles. The maximum Gasteiger partial charge on any atom is 0.280 e. The molecule has 0 N–H and O–H groups in total. The van der Waals surface area contributed by atoms with Crippen molar-refractivity contribution in [2.24, 2.45) is 0 Å². The molecule has 1 heterocycles. The molecule has 0 saturated heterocycles. The van der Waals surface area contributed by atoms with Crippen LogP contribution in [0.15, 0.2) is 48.5 Å². The molecule has 1 aromatic heterocycles. The maximum absolute atomic E-state index is 12.3. The van der Waals surface area contributed by atoms with Gasteiger partial charge in [-0.05, 0) is 18.2 Å². The second-order valence-corrected chi connectivity index (χ2v) is 4.10. The predicted molar refractivity (Wildman–Crippen MR) is 70.4 cm³/mol. The number of fused-ring (bicyclic) bond motifs is 1. The smallest absolute Gasteiger partial charge is 0.267 e. The summed E-state index contributed by atoms with van der Waals surface area (Å²) in [6.45, 7) is 0. The van der Waals surface area contributed by atoms with Crippen LogP contribution in [0.3, 0.4) is 0 Å². The van der Waals surface area contributed by atoms with Crippen LogP contribution in [0, 0.1) is 10.1 Å². The van der Waals surface area contributed by atoms with E-state index in [9.17, 15) is 14.9 Å². The van der Waals surface area contributed by atoms with Gasteiger partial charge in [0.15, 0.2) is 0 Å². The summed E-state index contributed by atoms with van der Waals surface area (Å²) >= 11 is 0. The largest absolute Gasteiger partial charge is 0.280 e. The number of hydrogen-bond acceptors (Lipinski definition) is 5. The number of carbonyl (C=O) groups is 1. The predicted octanol–water partition coefficient (Wildman–Crippen LogP) is 2.03. The Kier molecular flexibility index (Phi) is 2.72. The van der Waals surface area contributed by atoms with E-state index >= 15 is 0 Å². The van der Waals surface area contributed by atoms with E-state index in [-0.39, 0.29) is 11.3 Å². The van der Waals surface area contributed by atoms with Gasteiger partial charge in [-0.2, -0.15) is 4.68 Å². The minimum Gasteiger partial charge on any atom is -0.267 e. The van der Waals surface area contributed by atoms with Gasteiger partial charge in [0.05, 0.1) is 10.4 Å². The van der Waals surface area contributed by atoms with Gasteiger partial charge in [0.1, 0.15) is 5.52 Å². The van der Waals surface area contributed by atoms with Crippen LogP contribution < -0.4 is 0 Å². The first-order chi connectivity index (χ1) is 9.66. The van der Waals surface area contributed by atoms with Crippen LogP contribution in [0.1, 0.15) is 10.4 Å². The SMILES string of the molecule is O=C(c1cccc([N+](=O)[O-])c1)n1nnc2ccccc21. The van der Waals surface area contributed by atoms with Crippen LogP contribution in [-0.4, -0.2) is 25.8 Å². The number of nitro benzene ring substituents is 1. The highest BCUT2D eigenvalue weighted by molar-refractivity contribution is 6.00. The van der Waals surface area contributed by atoms with Gasteiger partial charge in [0, 0.05) is 17.7 Å². The summed E-state index contributed by atoms with van der Waals surface area (Å²) in [7, 11) is 0. The van der Waals surface area contributed by atoms with Crippen molar-refractivity contribution >= 4 is 22.6 Å². The molecule has 3 aromatic rings. The van der Waals surface area contributed by atoms with Crippen molar-refractivity contribution in [2.75, 3.05) is 0 Å². The third-order valence-electron chi connectivity index (χ3n) is 2.85. The van der Waals surface area contributed by atoms with Gasteiger partial charge < -0.3 is 0 Å². The lowest BCUT2D eigenvalue weighted by molar-refractivity contribution is -0.384. The lowest BCUT2D eigenvalue weighted by Crippen LogP contribution is -2.13. The second-order valence-electron chi connectivity index (χ2n) is 4.10. The number of non-ortho nitro benzene ring substituents is 1. The maximum atomic E-state index is 12.3. The van der Waals surface area contributed by atoms with Crippen molar-refractivity contribution in [1.29, 1.82) is 0 Å². The zero-order chi connectivity index (χ0) is 14.1. The molecule has 0 spiro atoms. The lowest BCUT2D eigenvalue weighted by Gasteiger charge is -2.01. The van der Waals surface area contributed by atoms with E-state index in [4.69, 9.17) is 0 Å². The molecule has 0 aliphatic carbocycles. The first-order valence-electron chi connectivity index (χ1n) is 5.76. The first kappa shape index (κ1) is 12.0. The number of carbonyl (C=O) groups excluding carboxylic acids is 1. The summed E-state index contributed by atoms with van der Waals surface area (Å²) in [6, 6.07) is 12.5. The molecule has 0 fully saturated rings. The number of benzene rings is 2. The van der Waals surface area contributed by atoms with Crippen molar-refractivity contribution in [2.45, 2.75) is 0 Å². The van der Waals surface area contributed by atoms with Crippen molar-refractivity contribution in [3.8, 4) is 0 Å². The number of nitrogens with zero attached hydrogens (tertiary/aromatic N) is 4. The van der Waals surface area contributed by atoms with Gasteiger partial charge in [-0.1, -0.05) is 23.4 Å². The van der Waals surface area contributed by atoms with Gasteiger partial charge in [-0.15, -0.1) is 5.10 Å². The van der Waals surface area contributed by atoms with Crippen molar-refractivity contribution in [1.82, 2.24) is 15.0 Å². The third-order valence-corrected chi connectivity index (χ3v) is 2.85. The van der Waals surface area contributed by atoms with Gasteiger partial charge in [-0.25, -0.2) is 0 Å². The van der Waals surface area contributed by atoms with Crippen molar-refractivity contribution < 1.29 is 9.72 Å². The highest BCUT2D eigenvalue weighted by atomic mass is 16.6. The molecule has 2 aromatic carbocycles. The average molecular weight is 268 g/mol. The van der Waals surface area contributed by atoms with Crippen LogP contribution in [0.2, 0.25) is 0 Å². The molecular weight excluding hydrogens is 260 g/mol. The Morgan fingerprint density at radius 3 is 2.75 bits per heavy atom. The number of nitro groups is 1. The molecule has 3 rings (SSSR count). The fraction of sp³-hybridized carbons (Fsp3) is 0. The lowest BCUT2D eigenvalue weighted by atomic mass is 10.2. The molecule has 0 unspecified atom stereocenters. The zero-order valence-electron chi connectivity index (χ0n) is 10.1. The Morgan fingerprint density at radius 2 is 1.95 bits per heavy atom. The average Bonchev–Trinajstić information content (AvgIpc) is 2.90. The fourth-order valence-corrected chi connectivity index (χ4v) is 1.89. The van der Waals surface area contributed by atoms with E-state index in [2.05, 4.69) is 10.3 Å². The quantitative estimate of drug-likeness (QED) is 0.523. The van der Waals surface area contributed by atoms with Crippen LogP contribution >= 0.6 is 0 Å². The topological polar surface area (TPSA) is 90.9 Å². The highest BCUT2D eigenvalue weighted by Gasteiger charge is 2.16. The van der Waals surface area contributed by atoms with Crippen LogP contribution in [-0.2, 0) is 0 Å². The molecule has 0 atom stereocenters. The Morgan fingerprint density at radius 1 is 1.15 bits per heavy atom. The Balaban J connectivity index is 2.08. The molecule has 7 heteroatoms. The summed E-state index contributed by atoms with van der Waals surface area (Å²) in [5.74, 6) is -0.456. The van der Waals surface area contributed by atoms with Crippen LogP contribution in [0.25, 0.3) is 11.0 Å². The van der Waals surface area contributed by atoms with E-state index in [0.29, 0.717) is 11.0 Å². The Bertz CT molecular complexity index is 825. The summed E-state index contributed by atoms with van der Waals surface area (Å²) in [5.41, 5.74) is 1.20. The Labute approximate surface area is 112 Å². The van der Waals surface area contributed by atoms with Gasteiger partial charge in [0.2, 0.25) is 0 Å². The minimum absolute atomic E-state index is 0.139. The van der Waals surface area contributed by atoms with E-state index in [0.717, 1.165) is 4.68 Å². The number of aromatic nitrogens is 3. The molecular formula is C13H8N4O3. The summed E-state index contributed by atoms with van der Waals surface area (Å²) < 4.78 is 1.13. The summed E-state index contributed by atoms with van der Waals surface area (Å²) in [6.07, 6.45) is 0. The molecule has 7 nitrogen and oxygen atoms in total. The minimum atomic E-state index is -0.545. The molecule has 0 bridgehead atoms. The third kappa shape index (κ3) is 1.91. The van der Waals surface area contributed by atoms with E-state index in [1.807, 2.05) is 0 Å². The number of rotatable bonds is 2. The molecule has 0 amide bonds. The van der Waals surface area contributed by atoms with Gasteiger partial charge in [-0.3, -0.25) is 14.9 Å². The second kappa shape index (κ2) is 4.54. The van der Waals surface area contributed by atoms with E-state index < -0.39 is 10.8 Å². The number of hydrogen-bond donors (Lipinski definition) is 0. The van der Waals surface area contributed by atoms with Crippen LogP contribution in [0.4, 0.5) is 5.69 Å². The van der Waals surface area contributed by atoms with Gasteiger partial charge >= 0.3 is 0 Å². The van der Waals surface area contributed by atoms with Crippen LogP contribution in [0.5, 0.6) is 0 Å². The monoisotopic (exact) mass is 268 g/mol. The highest BCUT2D eigenvalue weighted by Crippen LogP contribution is 2.16. The van der Waals surface area contributed by atoms with Crippen molar-refractivity contribution in [3.05, 3.63) is 64.2 Å².